The molecule has 3 heterocycles. The zero-order chi connectivity index (χ0) is 21.5. The molecule has 7 heteroatoms. The number of halogens is 1. The van der Waals surface area contributed by atoms with Crippen LogP contribution in [0.5, 0.6) is 0 Å². The molecule has 1 saturated heterocycles. The lowest BCUT2D eigenvalue weighted by molar-refractivity contribution is 0.0938. The first kappa shape index (κ1) is 20.2. The SMILES string of the molecule is Cc1ccc2c(N)c(C(=O)N[C@@H]3CCc4cc(N5CCCCC5)cc(F)c4C3)sc2n1. The number of aromatic nitrogens is 1. The van der Waals surface area contributed by atoms with E-state index in [0.29, 0.717) is 17.0 Å². The number of anilines is 2. The molecule has 1 amide bonds. The molecule has 0 saturated carbocycles. The van der Waals surface area contributed by atoms with Gasteiger partial charge in [-0.3, -0.25) is 4.79 Å². The van der Waals surface area contributed by atoms with Crippen LogP contribution in [0.4, 0.5) is 15.8 Å². The van der Waals surface area contributed by atoms with Gasteiger partial charge in [-0.05, 0) is 80.8 Å². The number of carbonyl (C=O) groups is 1. The number of nitrogens with zero attached hydrogens (tertiary/aromatic N) is 2. The Hall–Kier alpha value is -2.67. The highest BCUT2D eigenvalue weighted by atomic mass is 32.1. The number of rotatable bonds is 3. The van der Waals surface area contributed by atoms with Crippen molar-refractivity contribution in [3.05, 3.63) is 51.8 Å². The maximum atomic E-state index is 15.0. The Morgan fingerprint density at radius 3 is 2.87 bits per heavy atom. The Labute approximate surface area is 185 Å². The first-order chi connectivity index (χ1) is 15.0. The van der Waals surface area contributed by atoms with Crippen molar-refractivity contribution < 1.29 is 9.18 Å². The Morgan fingerprint density at radius 2 is 2.06 bits per heavy atom. The summed E-state index contributed by atoms with van der Waals surface area (Å²) in [5, 5.41) is 3.90. The van der Waals surface area contributed by atoms with Gasteiger partial charge in [0.15, 0.2) is 0 Å². The van der Waals surface area contributed by atoms with E-state index in [0.717, 1.165) is 58.7 Å². The molecule has 1 aliphatic heterocycles. The van der Waals surface area contributed by atoms with Gasteiger partial charge in [-0.2, -0.15) is 0 Å². The zero-order valence-corrected chi connectivity index (χ0v) is 18.5. The van der Waals surface area contributed by atoms with Crippen molar-refractivity contribution in [2.75, 3.05) is 23.7 Å². The van der Waals surface area contributed by atoms with E-state index >= 15 is 0 Å². The molecule has 1 aliphatic carbocycles. The lowest BCUT2D eigenvalue weighted by atomic mass is 9.87. The molecule has 5 nitrogen and oxygen atoms in total. The van der Waals surface area contributed by atoms with Crippen molar-refractivity contribution >= 4 is 38.8 Å². The summed E-state index contributed by atoms with van der Waals surface area (Å²) in [6, 6.07) is 7.53. The summed E-state index contributed by atoms with van der Waals surface area (Å²) in [6.07, 6.45) is 5.66. The van der Waals surface area contributed by atoms with Gasteiger partial charge in [0.25, 0.3) is 5.91 Å². The third-order valence-electron chi connectivity index (χ3n) is 6.48. The van der Waals surface area contributed by atoms with Gasteiger partial charge in [0.1, 0.15) is 15.5 Å². The number of amides is 1. The van der Waals surface area contributed by atoms with Gasteiger partial charge in [0, 0.05) is 35.9 Å². The molecule has 1 atom stereocenters. The summed E-state index contributed by atoms with van der Waals surface area (Å²) in [7, 11) is 0. The van der Waals surface area contributed by atoms with Crippen LogP contribution in [0.2, 0.25) is 0 Å². The minimum absolute atomic E-state index is 0.102. The number of carbonyl (C=O) groups excluding carboxylic acids is 1. The molecule has 5 rings (SSSR count). The monoisotopic (exact) mass is 438 g/mol. The highest BCUT2D eigenvalue weighted by Crippen LogP contribution is 2.34. The molecule has 2 aromatic heterocycles. The van der Waals surface area contributed by atoms with Crippen molar-refractivity contribution in [1.82, 2.24) is 10.3 Å². The second kappa shape index (κ2) is 8.11. The number of nitrogen functional groups attached to an aromatic ring is 1. The minimum Gasteiger partial charge on any atom is -0.397 e. The number of thiophene rings is 1. The van der Waals surface area contributed by atoms with Crippen LogP contribution in [0.15, 0.2) is 24.3 Å². The average Bonchev–Trinajstić information content (AvgIpc) is 3.10. The van der Waals surface area contributed by atoms with Crippen LogP contribution >= 0.6 is 11.3 Å². The maximum absolute atomic E-state index is 15.0. The van der Waals surface area contributed by atoms with Crippen LogP contribution in [0.25, 0.3) is 10.2 Å². The lowest BCUT2D eigenvalue weighted by Gasteiger charge is -2.31. The summed E-state index contributed by atoms with van der Waals surface area (Å²) < 4.78 is 15.0. The van der Waals surface area contributed by atoms with Gasteiger partial charge in [-0.15, -0.1) is 11.3 Å². The molecule has 1 aromatic carbocycles. The smallest absolute Gasteiger partial charge is 0.263 e. The molecule has 1 fully saturated rings. The van der Waals surface area contributed by atoms with Crippen LogP contribution in [-0.4, -0.2) is 30.0 Å². The van der Waals surface area contributed by atoms with E-state index in [1.165, 1.54) is 30.6 Å². The molecule has 0 unspecified atom stereocenters. The number of benzene rings is 1. The van der Waals surface area contributed by atoms with E-state index in [2.05, 4.69) is 21.3 Å². The molecule has 31 heavy (non-hydrogen) atoms. The second-order valence-corrected chi connectivity index (χ2v) is 9.68. The zero-order valence-electron chi connectivity index (χ0n) is 17.7. The van der Waals surface area contributed by atoms with Crippen LogP contribution < -0.4 is 16.0 Å². The van der Waals surface area contributed by atoms with Crippen LogP contribution in [0.3, 0.4) is 0 Å². The van der Waals surface area contributed by atoms with E-state index in [4.69, 9.17) is 5.73 Å². The number of fused-ring (bicyclic) bond motifs is 2. The average molecular weight is 439 g/mol. The predicted molar refractivity (Wildman–Crippen MR) is 125 cm³/mol. The lowest BCUT2D eigenvalue weighted by Crippen LogP contribution is -2.39. The van der Waals surface area contributed by atoms with Crippen molar-refractivity contribution in [3.63, 3.8) is 0 Å². The molecular weight excluding hydrogens is 411 g/mol. The van der Waals surface area contributed by atoms with Crippen molar-refractivity contribution in [1.29, 1.82) is 0 Å². The van der Waals surface area contributed by atoms with Crippen LogP contribution in [0, 0.1) is 12.7 Å². The molecule has 162 valence electrons. The van der Waals surface area contributed by atoms with E-state index in [1.807, 2.05) is 19.1 Å². The summed E-state index contributed by atoms with van der Waals surface area (Å²) in [5.41, 5.74) is 10.4. The van der Waals surface area contributed by atoms with E-state index < -0.39 is 0 Å². The minimum atomic E-state index is -0.197. The molecule has 0 radical (unpaired) electrons. The van der Waals surface area contributed by atoms with Crippen molar-refractivity contribution in [3.8, 4) is 0 Å². The molecule has 3 N–H and O–H groups in total. The molecule has 0 spiro atoms. The second-order valence-electron chi connectivity index (χ2n) is 8.68. The van der Waals surface area contributed by atoms with E-state index in [1.54, 1.807) is 6.07 Å². The Kier molecular flexibility index (Phi) is 5.30. The largest absolute Gasteiger partial charge is 0.397 e. The molecule has 0 bridgehead atoms. The van der Waals surface area contributed by atoms with Crippen LogP contribution in [0.1, 0.15) is 52.2 Å². The number of hydrogen-bond acceptors (Lipinski definition) is 5. The molecule has 2 aliphatic rings. The third kappa shape index (κ3) is 3.87. The summed E-state index contributed by atoms with van der Waals surface area (Å²) >= 11 is 1.31. The number of nitrogens with two attached hydrogens (primary N) is 1. The molecular formula is C24H27FN4OS. The maximum Gasteiger partial charge on any atom is 0.263 e. The highest BCUT2D eigenvalue weighted by molar-refractivity contribution is 7.21. The van der Waals surface area contributed by atoms with Gasteiger partial charge in [0.2, 0.25) is 0 Å². The first-order valence-electron chi connectivity index (χ1n) is 11.0. The van der Waals surface area contributed by atoms with Crippen LogP contribution in [-0.2, 0) is 12.8 Å². The molecule has 3 aromatic rings. The van der Waals surface area contributed by atoms with Gasteiger partial charge < -0.3 is 16.0 Å². The highest BCUT2D eigenvalue weighted by Gasteiger charge is 2.26. The van der Waals surface area contributed by atoms with Gasteiger partial charge in [0.05, 0.1) is 5.69 Å². The predicted octanol–water partition coefficient (Wildman–Crippen LogP) is 4.60. The van der Waals surface area contributed by atoms with Gasteiger partial charge in [-0.25, -0.2) is 9.37 Å². The number of piperidine rings is 1. The third-order valence-corrected chi connectivity index (χ3v) is 7.59. The van der Waals surface area contributed by atoms with E-state index in [-0.39, 0.29) is 17.8 Å². The Morgan fingerprint density at radius 1 is 1.26 bits per heavy atom. The number of aryl methyl sites for hydroxylation is 2. The number of hydrogen-bond donors (Lipinski definition) is 2. The standard InChI is InChI=1S/C24H27FN4OS/c1-14-5-8-18-21(26)22(31-24(18)27-14)23(30)28-16-7-6-15-11-17(13-20(25)19(15)12-16)29-9-3-2-4-10-29/h5,8,11,13,16H,2-4,6-7,9-10,12,26H2,1H3,(H,28,30)/t16-/m1/s1. The first-order valence-corrected chi connectivity index (χ1v) is 11.8. The van der Waals surface area contributed by atoms with Crippen molar-refractivity contribution in [2.24, 2.45) is 0 Å². The topological polar surface area (TPSA) is 71.2 Å². The Balaban J connectivity index is 1.33. The quantitative estimate of drug-likeness (QED) is 0.627. The fraction of sp³-hybridized carbons (Fsp3) is 0.417. The number of pyridine rings is 1. The van der Waals surface area contributed by atoms with Gasteiger partial charge in [-0.1, -0.05) is 0 Å². The van der Waals surface area contributed by atoms with Crippen molar-refractivity contribution in [2.45, 2.75) is 51.5 Å². The van der Waals surface area contributed by atoms with E-state index in [9.17, 15) is 9.18 Å². The fourth-order valence-electron chi connectivity index (χ4n) is 4.77. The Bertz CT molecular complexity index is 1150. The normalized spacial score (nSPS) is 18.8. The fourth-order valence-corrected chi connectivity index (χ4v) is 5.82. The number of nitrogens with one attached hydrogen (secondary N) is 1. The van der Waals surface area contributed by atoms with Gasteiger partial charge >= 0.3 is 0 Å². The summed E-state index contributed by atoms with van der Waals surface area (Å²) in [6.45, 7) is 3.92. The summed E-state index contributed by atoms with van der Waals surface area (Å²) in [5.74, 6) is -0.352. The summed E-state index contributed by atoms with van der Waals surface area (Å²) in [4.78, 5) is 21.0.